The van der Waals surface area contributed by atoms with Crippen molar-refractivity contribution in [2.75, 3.05) is 6.61 Å². The third kappa shape index (κ3) is 9.51. The van der Waals surface area contributed by atoms with Crippen molar-refractivity contribution in [1.82, 2.24) is 0 Å². The topological polar surface area (TPSA) is 213 Å². The Morgan fingerprint density at radius 1 is 0.525 bits per heavy atom. The van der Waals surface area contributed by atoms with E-state index in [4.69, 9.17) is 71.1 Å². The molecule has 19 nitrogen and oxygen atoms in total. The van der Waals surface area contributed by atoms with Crippen LogP contribution in [-0.4, -0.2) is 192 Å². The van der Waals surface area contributed by atoms with E-state index < -0.39 is 66.2 Å². The molecule has 0 amide bonds. The molecule has 444 valence electrons. The number of ether oxygens (including phenoxy) is 15. The van der Waals surface area contributed by atoms with Gasteiger partial charge < -0.3 is 81.3 Å². The SMILES string of the molecule is C=C1C[C@@H]2CCC34C[C@H]5O[C@H]6[C@@H](O3)[C@H]3O[C@@H](CC[C@@H]3O[C@H]6[C@@H]5O4)CC(=O)O[C@@H]3[C@@H](C)[C@@H]4O[C@@H]5C[C@]6(C[C@@H]7O[C@]8(C[C@H](C)[C@@H]9O[C@H](CC(=O)CCO)[C@H](O)C[C@@H]9O8)C[C@H](C)[C@@H]7O6)O[C@@H]5C[C@@H]4O[C@H]3C[C@H]3O[C@@H](CC[C@@H]1O2)C[C@@H](C)C3=C. The van der Waals surface area contributed by atoms with Crippen LogP contribution in [0.25, 0.3) is 0 Å². The van der Waals surface area contributed by atoms with Crippen LogP contribution in [0.15, 0.2) is 24.3 Å². The highest BCUT2D eigenvalue weighted by molar-refractivity contribution is 5.79. The summed E-state index contributed by atoms with van der Waals surface area (Å²) >= 11 is 0. The molecule has 0 aromatic rings. The van der Waals surface area contributed by atoms with E-state index in [9.17, 15) is 19.8 Å². The summed E-state index contributed by atoms with van der Waals surface area (Å²) in [6, 6.07) is 0. The normalized spacial score (nSPS) is 56.9. The van der Waals surface area contributed by atoms with Crippen molar-refractivity contribution >= 4 is 11.8 Å². The lowest BCUT2D eigenvalue weighted by atomic mass is 9.78. The van der Waals surface area contributed by atoms with Gasteiger partial charge in [0, 0.05) is 83.2 Å². The lowest BCUT2D eigenvalue weighted by Gasteiger charge is -2.54. The molecule has 0 saturated carbocycles. The molecule has 0 radical (unpaired) electrons. The number of hydrogen-bond acceptors (Lipinski definition) is 19. The van der Waals surface area contributed by atoms with E-state index in [-0.39, 0.29) is 159 Å². The Morgan fingerprint density at radius 3 is 2.05 bits per heavy atom. The van der Waals surface area contributed by atoms with Gasteiger partial charge >= 0.3 is 5.97 Å². The predicted molar refractivity (Wildman–Crippen MR) is 277 cm³/mol. The standard InChI is InChI=1S/C61H86O19/c1-27-15-34-7-9-38-28(2)16-36(66-38)11-13-59-25-47-55(79-59)56-57(73-47)58(80-59)54-39(70-56)10-8-35(68-54)18-49(65)74-53-32(6)52-44(69-43(53)20-40(67-34)31(27)5)21-42-46(72-52)24-61(75-42)26-48-51(78-61)30(4)23-60(77-48)22-29(3)50-45(76-60)19-37(64)41(71-50)17-33(63)12-14-62/h27,29-30,32,34-48,50-58,62,64H,2,5,7-26H2,1,3-4,6H3/t27-,29+,30+,32+,34+,35+,36+,37-,38+,39+,40-,41-,42-,43+,44+,45+,46-,47-,48+,50+,51+,52+,53-,54+,55-,56+,57-,58+,59?,60-,61+/m1/s1. The number of esters is 1. The van der Waals surface area contributed by atoms with Crippen LogP contribution in [0.5, 0.6) is 0 Å². The second-order valence-electron chi connectivity index (χ2n) is 27.7. The van der Waals surface area contributed by atoms with Crippen molar-refractivity contribution in [2.45, 2.75) is 314 Å². The molecule has 1 unspecified atom stereocenters. The number of Topliss-reactive ketones (excluding diaryl/α,β-unsaturated/α-hetero) is 1. The summed E-state index contributed by atoms with van der Waals surface area (Å²) in [7, 11) is 0. The van der Waals surface area contributed by atoms with E-state index >= 15 is 0 Å². The van der Waals surface area contributed by atoms with E-state index in [2.05, 4.69) is 40.9 Å². The molecule has 16 aliphatic heterocycles. The molecule has 80 heavy (non-hydrogen) atoms. The highest BCUT2D eigenvalue weighted by Crippen LogP contribution is 2.58. The molecule has 19 heteroatoms. The van der Waals surface area contributed by atoms with Gasteiger partial charge in [-0.1, -0.05) is 40.9 Å². The second kappa shape index (κ2) is 20.6. The Labute approximate surface area is 469 Å². The van der Waals surface area contributed by atoms with Crippen LogP contribution in [0.3, 0.4) is 0 Å². The number of carbonyl (C=O) groups is 2. The number of fused-ring (bicyclic) bond motifs is 10. The van der Waals surface area contributed by atoms with Crippen LogP contribution in [0.2, 0.25) is 0 Å². The molecule has 0 aliphatic carbocycles. The van der Waals surface area contributed by atoms with Crippen LogP contribution in [0.1, 0.15) is 150 Å². The molecule has 16 aliphatic rings. The summed E-state index contributed by atoms with van der Waals surface area (Å²) < 4.78 is 104. The largest absolute Gasteiger partial charge is 0.459 e. The summed E-state index contributed by atoms with van der Waals surface area (Å²) in [5.74, 6) is -3.05. The molecular weight excluding hydrogens is 1040 g/mol. The predicted octanol–water partition coefficient (Wildman–Crippen LogP) is 5.52. The monoisotopic (exact) mass is 1120 g/mol. The maximum Gasteiger partial charge on any atom is 0.308 e. The average Bonchev–Trinajstić information content (AvgIpc) is 4.25. The Kier molecular flexibility index (Phi) is 14.0. The van der Waals surface area contributed by atoms with Gasteiger partial charge in [-0.25, -0.2) is 0 Å². The fourth-order valence-corrected chi connectivity index (χ4v) is 18.3. The lowest BCUT2D eigenvalue weighted by molar-refractivity contribution is -0.371. The van der Waals surface area contributed by atoms with Gasteiger partial charge in [0.25, 0.3) is 0 Å². The molecule has 2 N–H and O–H groups in total. The molecule has 16 rings (SSSR count). The van der Waals surface area contributed by atoms with Gasteiger partial charge in [0.1, 0.15) is 42.4 Å². The first-order valence-electron chi connectivity index (χ1n) is 31.2. The van der Waals surface area contributed by atoms with Gasteiger partial charge in [-0.15, -0.1) is 0 Å². The number of hydrogen-bond donors (Lipinski definition) is 2. The van der Waals surface area contributed by atoms with Crippen LogP contribution in [0.4, 0.5) is 0 Å². The molecular formula is C61H86O19. The molecule has 16 saturated heterocycles. The zero-order valence-corrected chi connectivity index (χ0v) is 47.1. The van der Waals surface area contributed by atoms with E-state index in [1.165, 1.54) is 0 Å². The maximum atomic E-state index is 14.6. The number of rotatable bonds is 4. The van der Waals surface area contributed by atoms with Crippen LogP contribution in [0, 0.1) is 23.7 Å². The third-order valence-corrected chi connectivity index (χ3v) is 22.0. The number of ketones is 1. The highest BCUT2D eigenvalue weighted by atomic mass is 16.8. The Morgan fingerprint density at radius 2 is 1.20 bits per heavy atom. The summed E-state index contributed by atoms with van der Waals surface area (Å²) in [5, 5.41) is 20.4. The lowest BCUT2D eigenvalue weighted by Crippen LogP contribution is -2.62. The van der Waals surface area contributed by atoms with Gasteiger partial charge in [0.15, 0.2) is 17.4 Å². The maximum absolute atomic E-state index is 14.6. The molecule has 12 bridgehead atoms. The Balaban J connectivity index is 0.652. The molecule has 16 heterocycles. The van der Waals surface area contributed by atoms with E-state index in [1.807, 2.05) is 0 Å². The highest BCUT2D eigenvalue weighted by Gasteiger charge is 2.70. The smallest absolute Gasteiger partial charge is 0.308 e. The first-order chi connectivity index (χ1) is 38.5. The molecule has 3 spiro atoms. The van der Waals surface area contributed by atoms with Crippen molar-refractivity contribution in [3.05, 3.63) is 24.3 Å². The van der Waals surface area contributed by atoms with Gasteiger partial charge in [-0.05, 0) is 73.8 Å². The third-order valence-electron chi connectivity index (χ3n) is 22.0. The van der Waals surface area contributed by atoms with Crippen LogP contribution >= 0.6 is 0 Å². The van der Waals surface area contributed by atoms with E-state index in [1.54, 1.807) is 0 Å². The molecule has 0 aromatic heterocycles. The zero-order chi connectivity index (χ0) is 54.7. The minimum Gasteiger partial charge on any atom is -0.459 e. The van der Waals surface area contributed by atoms with Crippen molar-refractivity contribution in [3.8, 4) is 0 Å². The average molecular weight is 1120 g/mol. The van der Waals surface area contributed by atoms with Crippen molar-refractivity contribution in [2.24, 2.45) is 23.7 Å². The number of carbonyl (C=O) groups excluding carboxylic acids is 2. The summed E-state index contributed by atoms with van der Waals surface area (Å²) in [5.41, 5.74) is 2.15. The van der Waals surface area contributed by atoms with Crippen LogP contribution < -0.4 is 0 Å². The van der Waals surface area contributed by atoms with Crippen molar-refractivity contribution in [1.29, 1.82) is 0 Å². The van der Waals surface area contributed by atoms with E-state index in [0.717, 1.165) is 49.7 Å². The minimum absolute atomic E-state index is 0.0122. The first-order valence-corrected chi connectivity index (χ1v) is 31.2. The summed E-state index contributed by atoms with van der Waals surface area (Å²) in [6.45, 7) is 17.6. The first kappa shape index (κ1) is 54.6. The van der Waals surface area contributed by atoms with E-state index in [0.29, 0.717) is 64.2 Å². The molecule has 16 fully saturated rings. The number of aliphatic hydroxyl groups excluding tert-OH is 2. The minimum atomic E-state index is -0.939. The quantitative estimate of drug-likeness (QED) is 0.262. The fourth-order valence-electron chi connectivity index (χ4n) is 18.3. The van der Waals surface area contributed by atoms with Crippen molar-refractivity contribution in [3.63, 3.8) is 0 Å². The molecule has 31 atom stereocenters. The zero-order valence-electron chi connectivity index (χ0n) is 47.1. The molecule has 0 aromatic carbocycles. The van der Waals surface area contributed by atoms with Gasteiger partial charge in [-0.3, -0.25) is 9.59 Å². The van der Waals surface area contributed by atoms with Gasteiger partial charge in [0.05, 0.1) is 116 Å². The number of aliphatic hydroxyl groups is 2. The van der Waals surface area contributed by atoms with Gasteiger partial charge in [-0.2, -0.15) is 0 Å². The van der Waals surface area contributed by atoms with Gasteiger partial charge in [0.2, 0.25) is 0 Å². The Hall–Kier alpha value is -2.02. The summed E-state index contributed by atoms with van der Waals surface area (Å²) in [6.07, 6.45) is 2.59. The van der Waals surface area contributed by atoms with Crippen molar-refractivity contribution < 1.29 is 90.9 Å². The second-order valence-corrected chi connectivity index (χ2v) is 27.7. The van der Waals surface area contributed by atoms with Crippen LogP contribution in [-0.2, 0) is 80.6 Å². The Bertz CT molecular complexity index is 2410. The fraction of sp³-hybridized carbons (Fsp3) is 0.902. The summed E-state index contributed by atoms with van der Waals surface area (Å²) in [4.78, 5) is 27.0.